The SMILES string of the molecule is C=C1C[C@@H]2CC[C@H]1[C@@H](C(=O)O)N2C(=O)OC(C)(C)C.C=C1C[C@@H]2CC[C@H]1[C@@H](C(C)=O)N2C(=O)OC(C)(C)C.CC(=O)[C@@H]1[C@@H]2CC[C@@H](CC2=O)N1C(=O)OC(C)(C)C. The summed E-state index contributed by atoms with van der Waals surface area (Å²) in [5.41, 5.74) is 0.304. The van der Waals surface area contributed by atoms with Crippen LogP contribution in [0.4, 0.5) is 14.4 Å². The van der Waals surface area contributed by atoms with Crippen molar-refractivity contribution in [2.45, 2.75) is 187 Å². The third-order valence-electron chi connectivity index (χ3n) is 11.4. The van der Waals surface area contributed by atoms with Crippen molar-refractivity contribution in [3.05, 3.63) is 24.3 Å². The van der Waals surface area contributed by atoms with E-state index in [4.69, 9.17) is 14.2 Å². The molecule has 9 atom stereocenters. The first kappa shape index (κ1) is 45.5. The number of fused-ring (bicyclic) bond motifs is 9. The number of carboxylic acid groups (broad SMARTS) is 1. The molecule has 6 aliphatic heterocycles. The van der Waals surface area contributed by atoms with Crippen molar-refractivity contribution < 1.29 is 52.9 Å². The molecule has 3 amide bonds. The van der Waals surface area contributed by atoms with Gasteiger partial charge < -0.3 is 19.3 Å². The van der Waals surface area contributed by atoms with Crippen LogP contribution >= 0.6 is 0 Å². The Morgan fingerprint density at radius 3 is 1.12 bits per heavy atom. The van der Waals surface area contributed by atoms with E-state index in [9.17, 15) is 38.7 Å². The van der Waals surface area contributed by atoms with E-state index in [-0.39, 0.29) is 65.4 Å². The van der Waals surface area contributed by atoms with E-state index in [2.05, 4.69) is 13.2 Å². The average Bonchev–Trinajstić information content (AvgIpc) is 3.05. The van der Waals surface area contributed by atoms with Crippen LogP contribution in [0.2, 0.25) is 0 Å². The summed E-state index contributed by atoms with van der Waals surface area (Å²) in [7, 11) is 0. The quantitative estimate of drug-likeness (QED) is 0.224. The number of Topliss-reactive ketones (excluding diaryl/α,β-unsaturated/α-hetero) is 3. The topological polar surface area (TPSA) is 177 Å². The van der Waals surface area contributed by atoms with Crippen LogP contribution in [0.25, 0.3) is 0 Å². The number of aliphatic carboxylic acids is 1. The van der Waals surface area contributed by atoms with Crippen LogP contribution < -0.4 is 0 Å². The minimum atomic E-state index is -0.971. The molecule has 0 aromatic heterocycles. The summed E-state index contributed by atoms with van der Waals surface area (Å²) in [6, 6.07) is -2.03. The number of carbonyl (C=O) groups is 7. The Hall–Kier alpha value is -4.23. The molecule has 9 rings (SSSR count). The lowest BCUT2D eigenvalue weighted by atomic mass is 9.71. The number of ether oxygens (including phenoxy) is 3. The van der Waals surface area contributed by atoms with Crippen LogP contribution in [-0.4, -0.2) is 114 Å². The van der Waals surface area contributed by atoms with Crippen molar-refractivity contribution in [2.24, 2.45) is 17.8 Å². The second kappa shape index (κ2) is 16.9. The first-order valence-electron chi connectivity index (χ1n) is 20.3. The maximum absolute atomic E-state index is 12.3. The number of amides is 3. The zero-order chi connectivity index (χ0) is 43.1. The van der Waals surface area contributed by atoms with Crippen LogP contribution in [0, 0.1) is 17.8 Å². The van der Waals surface area contributed by atoms with E-state index in [1.54, 1.807) is 53.4 Å². The van der Waals surface area contributed by atoms with Gasteiger partial charge in [-0.25, -0.2) is 19.2 Å². The van der Waals surface area contributed by atoms with Crippen LogP contribution in [-0.2, 0) is 33.4 Å². The number of hydrogen-bond acceptors (Lipinski definition) is 10. The third-order valence-corrected chi connectivity index (χ3v) is 11.4. The second-order valence-electron chi connectivity index (χ2n) is 19.5. The Morgan fingerprint density at radius 2 is 0.825 bits per heavy atom. The molecule has 6 saturated heterocycles. The number of rotatable bonds is 3. The molecule has 0 unspecified atom stereocenters. The van der Waals surface area contributed by atoms with Gasteiger partial charge in [0, 0.05) is 42.3 Å². The Labute approximate surface area is 337 Å². The van der Waals surface area contributed by atoms with Crippen LogP contribution in [0.3, 0.4) is 0 Å². The predicted molar refractivity (Wildman–Crippen MR) is 211 cm³/mol. The summed E-state index contributed by atoms with van der Waals surface area (Å²) in [6.07, 6.45) is 5.46. The van der Waals surface area contributed by atoms with Crippen molar-refractivity contribution in [3.8, 4) is 0 Å². The minimum absolute atomic E-state index is 0.0291. The molecule has 0 aromatic carbocycles. The van der Waals surface area contributed by atoms with Crippen molar-refractivity contribution in [2.75, 3.05) is 0 Å². The molecule has 0 spiro atoms. The number of carbonyl (C=O) groups excluding carboxylic acids is 6. The molecule has 9 aliphatic rings. The Bertz CT molecular complexity index is 1460. The number of ketones is 3. The first-order chi connectivity index (χ1) is 26.1. The number of hydrogen-bond donors (Lipinski definition) is 1. The van der Waals surface area contributed by atoms with Crippen molar-refractivity contribution in [1.29, 1.82) is 0 Å². The van der Waals surface area contributed by atoms with Crippen molar-refractivity contribution in [3.63, 3.8) is 0 Å². The highest BCUT2D eigenvalue weighted by molar-refractivity contribution is 5.96. The van der Waals surface area contributed by atoms with Gasteiger partial charge in [0.05, 0.1) is 0 Å². The van der Waals surface area contributed by atoms with Gasteiger partial charge in [-0.1, -0.05) is 24.3 Å². The monoisotopic (exact) mass is 799 g/mol. The molecule has 0 radical (unpaired) electrons. The van der Waals surface area contributed by atoms with Gasteiger partial charge >= 0.3 is 24.2 Å². The molecule has 318 valence electrons. The molecule has 6 heterocycles. The standard InChI is InChI=1S/C15H23NO3.2C14H21NO4/c1-9-8-11-6-7-12(9)13(10(2)17)16(11)14(18)19-15(3,4)5;1-8(16)12-10-6-5-9(7-11(10)17)15(12)13(18)19-14(2,3)4;1-8-7-9-5-6-10(8)11(12(16)17)15(9)13(18)19-14(2,3)4/h11-13H,1,6-8H2,2-5H3;9-10,12H,5-7H2,1-4H3;9-11H,1,5-7H2,2-4H3,(H,16,17)/t11-,12+,13+;9-,10+,12+;9-,10+,11-/m000/s1. The Balaban J connectivity index is 0.000000189. The molecule has 1 N–H and O–H groups in total. The van der Waals surface area contributed by atoms with Gasteiger partial charge in [-0.2, -0.15) is 0 Å². The lowest BCUT2D eigenvalue weighted by molar-refractivity contribution is -0.149. The minimum Gasteiger partial charge on any atom is -0.480 e. The zero-order valence-corrected chi connectivity index (χ0v) is 35.8. The van der Waals surface area contributed by atoms with E-state index < -0.39 is 47.0 Å². The summed E-state index contributed by atoms with van der Waals surface area (Å²) in [5.74, 6) is -1.34. The molecule has 3 aliphatic carbocycles. The summed E-state index contributed by atoms with van der Waals surface area (Å²) < 4.78 is 16.2. The van der Waals surface area contributed by atoms with Crippen molar-refractivity contribution >= 4 is 41.6 Å². The molecule has 0 aromatic rings. The van der Waals surface area contributed by atoms with E-state index in [1.165, 1.54) is 16.7 Å². The van der Waals surface area contributed by atoms with Gasteiger partial charge in [0.1, 0.15) is 40.7 Å². The van der Waals surface area contributed by atoms with Crippen LogP contribution in [0.15, 0.2) is 24.3 Å². The average molecular weight is 800 g/mol. The summed E-state index contributed by atoms with van der Waals surface area (Å²) in [6.45, 7) is 27.3. The van der Waals surface area contributed by atoms with Gasteiger partial charge in [0.25, 0.3) is 0 Å². The fourth-order valence-corrected chi connectivity index (χ4v) is 9.34. The third kappa shape index (κ3) is 10.6. The Kier molecular flexibility index (Phi) is 13.5. The number of nitrogens with zero attached hydrogens (tertiary/aromatic N) is 3. The number of piperidine rings is 6. The summed E-state index contributed by atoms with van der Waals surface area (Å²) >= 11 is 0. The van der Waals surface area contributed by atoms with E-state index in [1.807, 2.05) is 20.8 Å². The highest BCUT2D eigenvalue weighted by atomic mass is 16.6. The molecule has 14 heteroatoms. The van der Waals surface area contributed by atoms with E-state index in [0.29, 0.717) is 19.3 Å². The molecular weight excluding hydrogens is 734 g/mol. The molecule has 6 bridgehead atoms. The Morgan fingerprint density at radius 1 is 0.526 bits per heavy atom. The normalized spacial score (nSPS) is 30.4. The van der Waals surface area contributed by atoms with E-state index in [0.717, 1.165) is 49.7 Å². The van der Waals surface area contributed by atoms with Gasteiger partial charge in [-0.3, -0.25) is 29.1 Å². The molecule has 3 saturated carbocycles. The summed E-state index contributed by atoms with van der Waals surface area (Å²) in [4.78, 5) is 88.5. The zero-order valence-electron chi connectivity index (χ0n) is 35.8. The molecule has 57 heavy (non-hydrogen) atoms. The first-order valence-corrected chi connectivity index (χ1v) is 20.3. The molecular formula is C43H65N3O11. The lowest BCUT2D eigenvalue weighted by Crippen LogP contribution is -2.63. The lowest BCUT2D eigenvalue weighted by Gasteiger charge is -2.51. The fraction of sp³-hybridized carbons (Fsp3) is 0.744. The molecule has 14 nitrogen and oxygen atoms in total. The largest absolute Gasteiger partial charge is 0.480 e. The maximum Gasteiger partial charge on any atom is 0.411 e. The second-order valence-corrected chi connectivity index (χ2v) is 19.5. The maximum atomic E-state index is 12.3. The highest BCUT2D eigenvalue weighted by Gasteiger charge is 2.53. The van der Waals surface area contributed by atoms with Gasteiger partial charge in [0.2, 0.25) is 0 Å². The molecule has 9 fully saturated rings. The van der Waals surface area contributed by atoms with E-state index >= 15 is 0 Å². The summed E-state index contributed by atoms with van der Waals surface area (Å²) in [5, 5.41) is 9.41. The predicted octanol–water partition coefficient (Wildman–Crippen LogP) is 7.27. The fourth-order valence-electron chi connectivity index (χ4n) is 9.34. The smallest absolute Gasteiger partial charge is 0.411 e. The van der Waals surface area contributed by atoms with Crippen LogP contribution in [0.1, 0.15) is 134 Å². The van der Waals surface area contributed by atoms with Crippen LogP contribution in [0.5, 0.6) is 0 Å². The van der Waals surface area contributed by atoms with Gasteiger partial charge in [0.15, 0.2) is 11.6 Å². The number of carboxylic acids is 1. The highest BCUT2D eigenvalue weighted by Crippen LogP contribution is 2.45. The van der Waals surface area contributed by atoms with Gasteiger partial charge in [-0.05, 0) is 128 Å². The van der Waals surface area contributed by atoms with Crippen molar-refractivity contribution in [1.82, 2.24) is 14.7 Å². The van der Waals surface area contributed by atoms with Gasteiger partial charge in [-0.15, -0.1) is 0 Å².